The summed E-state index contributed by atoms with van der Waals surface area (Å²) in [5.41, 5.74) is -0.574. The van der Waals surface area contributed by atoms with Crippen LogP contribution < -0.4 is 10.1 Å². The molecule has 1 saturated carbocycles. The normalized spacial score (nSPS) is 30.6. The summed E-state index contributed by atoms with van der Waals surface area (Å²) in [5, 5.41) is 13.4. The Kier molecular flexibility index (Phi) is 3.42. The average molecular weight is 352 g/mol. The molecule has 0 unspecified atom stereocenters. The van der Waals surface area contributed by atoms with Gasteiger partial charge in [0.2, 0.25) is 10.0 Å². The molecule has 1 aromatic rings. The lowest BCUT2D eigenvalue weighted by Crippen LogP contribution is -2.40. The van der Waals surface area contributed by atoms with Crippen molar-refractivity contribution < 1.29 is 23.1 Å². The largest absolute Gasteiger partial charge is 0.482 e. The number of benzene rings is 1. The molecule has 2 fully saturated rings. The third kappa shape index (κ3) is 2.40. The van der Waals surface area contributed by atoms with Crippen LogP contribution in [0.3, 0.4) is 0 Å². The van der Waals surface area contributed by atoms with E-state index in [2.05, 4.69) is 5.32 Å². The fourth-order valence-electron chi connectivity index (χ4n) is 3.64. The van der Waals surface area contributed by atoms with Crippen LogP contribution in [0.4, 0.5) is 5.69 Å². The molecule has 24 heavy (non-hydrogen) atoms. The van der Waals surface area contributed by atoms with Gasteiger partial charge >= 0.3 is 0 Å². The van der Waals surface area contributed by atoms with E-state index < -0.39 is 15.6 Å². The average Bonchev–Trinajstić information content (AvgIpc) is 3.34. The number of ether oxygens (including phenoxy) is 1. The number of rotatable bonds is 3. The number of anilines is 1. The second-order valence-electron chi connectivity index (χ2n) is 6.96. The zero-order valence-electron chi connectivity index (χ0n) is 13.4. The van der Waals surface area contributed by atoms with Crippen LogP contribution in [0.15, 0.2) is 23.1 Å². The number of β-amino-alcohol motifs (C(OH)–C–C–N with tert-alkyl or cyclic N) is 1. The zero-order chi connectivity index (χ0) is 17.1. The van der Waals surface area contributed by atoms with Gasteiger partial charge in [-0.1, -0.05) is 6.92 Å². The molecule has 1 aliphatic carbocycles. The van der Waals surface area contributed by atoms with E-state index in [1.54, 1.807) is 6.07 Å². The second-order valence-corrected chi connectivity index (χ2v) is 8.90. The summed E-state index contributed by atoms with van der Waals surface area (Å²) >= 11 is 0. The Hall–Kier alpha value is -1.64. The number of carbonyl (C=O) groups is 1. The fraction of sp³-hybridized carbons (Fsp3) is 0.562. The second kappa shape index (κ2) is 5.18. The van der Waals surface area contributed by atoms with Crippen molar-refractivity contribution >= 4 is 21.6 Å². The van der Waals surface area contributed by atoms with Crippen LogP contribution in [0.25, 0.3) is 0 Å². The molecule has 2 N–H and O–H groups in total. The van der Waals surface area contributed by atoms with Gasteiger partial charge in [0.1, 0.15) is 5.75 Å². The number of fused-ring (bicyclic) bond motifs is 1. The van der Waals surface area contributed by atoms with E-state index >= 15 is 0 Å². The number of carbonyl (C=O) groups excluding carboxylic acids is 1. The molecule has 0 aromatic heterocycles. The maximum absolute atomic E-state index is 12.9. The Morgan fingerprint density at radius 2 is 2.12 bits per heavy atom. The van der Waals surface area contributed by atoms with Crippen LogP contribution in [-0.4, -0.2) is 49.0 Å². The minimum Gasteiger partial charge on any atom is -0.482 e. The minimum atomic E-state index is -3.73. The smallest absolute Gasteiger partial charge is 0.262 e. The first-order chi connectivity index (χ1) is 11.3. The molecule has 4 rings (SSSR count). The predicted octanol–water partition coefficient (Wildman–Crippen LogP) is 0.799. The van der Waals surface area contributed by atoms with E-state index in [1.165, 1.54) is 16.4 Å². The van der Waals surface area contributed by atoms with E-state index in [0.29, 0.717) is 18.0 Å². The van der Waals surface area contributed by atoms with Gasteiger partial charge in [0.25, 0.3) is 5.91 Å². The molecule has 2 aliphatic heterocycles. The van der Waals surface area contributed by atoms with Crippen molar-refractivity contribution in [1.82, 2.24) is 4.31 Å². The molecule has 2 heterocycles. The van der Waals surface area contributed by atoms with Crippen molar-refractivity contribution in [2.24, 2.45) is 11.8 Å². The van der Waals surface area contributed by atoms with E-state index in [0.717, 1.165) is 12.8 Å². The highest BCUT2D eigenvalue weighted by molar-refractivity contribution is 7.89. The number of aliphatic hydroxyl groups is 1. The molecule has 8 heteroatoms. The Morgan fingerprint density at radius 3 is 2.83 bits per heavy atom. The molecule has 2 atom stereocenters. The van der Waals surface area contributed by atoms with Crippen LogP contribution in [0.1, 0.15) is 19.8 Å². The molecular weight excluding hydrogens is 332 g/mol. The van der Waals surface area contributed by atoms with Gasteiger partial charge in [-0.3, -0.25) is 4.79 Å². The van der Waals surface area contributed by atoms with Crippen LogP contribution >= 0.6 is 0 Å². The number of nitrogens with one attached hydrogen (secondary N) is 1. The molecule has 1 amide bonds. The number of nitrogens with zero attached hydrogens (tertiary/aromatic N) is 1. The molecular formula is C16H20N2O5S. The Morgan fingerprint density at radius 1 is 1.38 bits per heavy atom. The molecule has 1 saturated heterocycles. The van der Waals surface area contributed by atoms with Gasteiger partial charge < -0.3 is 15.2 Å². The van der Waals surface area contributed by atoms with Gasteiger partial charge in [0, 0.05) is 19.0 Å². The van der Waals surface area contributed by atoms with Crippen LogP contribution in [0.5, 0.6) is 5.75 Å². The van der Waals surface area contributed by atoms with Gasteiger partial charge in [-0.15, -0.1) is 0 Å². The summed E-state index contributed by atoms with van der Waals surface area (Å²) in [5.74, 6) is 0.247. The highest BCUT2D eigenvalue weighted by Crippen LogP contribution is 2.48. The molecule has 130 valence electrons. The van der Waals surface area contributed by atoms with Gasteiger partial charge in [-0.2, -0.15) is 4.31 Å². The lowest BCUT2D eigenvalue weighted by molar-refractivity contribution is -0.118. The summed E-state index contributed by atoms with van der Waals surface area (Å²) in [6.45, 7) is 2.25. The first kappa shape index (κ1) is 15.9. The van der Waals surface area contributed by atoms with Gasteiger partial charge in [0.05, 0.1) is 16.2 Å². The Bertz CT molecular complexity index is 805. The lowest BCUT2D eigenvalue weighted by atomic mass is 9.88. The predicted molar refractivity (Wildman–Crippen MR) is 86.2 cm³/mol. The topological polar surface area (TPSA) is 95.9 Å². The van der Waals surface area contributed by atoms with Crippen LogP contribution in [0.2, 0.25) is 0 Å². The summed E-state index contributed by atoms with van der Waals surface area (Å²) in [6, 6.07) is 4.44. The first-order valence-corrected chi connectivity index (χ1v) is 9.54. The monoisotopic (exact) mass is 352 g/mol. The zero-order valence-corrected chi connectivity index (χ0v) is 14.2. The van der Waals surface area contributed by atoms with E-state index in [9.17, 15) is 18.3 Å². The third-order valence-corrected chi connectivity index (χ3v) is 7.07. The Balaban J connectivity index is 1.64. The molecule has 3 aliphatic rings. The molecule has 0 spiro atoms. The highest BCUT2D eigenvalue weighted by atomic mass is 32.2. The van der Waals surface area contributed by atoms with Gasteiger partial charge in [-0.05, 0) is 37.0 Å². The Labute approximate surface area is 140 Å². The van der Waals surface area contributed by atoms with Crippen LogP contribution in [-0.2, 0) is 14.8 Å². The van der Waals surface area contributed by atoms with Crippen molar-refractivity contribution in [3.05, 3.63) is 18.2 Å². The molecule has 0 bridgehead atoms. The number of amides is 1. The molecule has 1 aromatic carbocycles. The lowest BCUT2D eigenvalue weighted by Gasteiger charge is -2.26. The maximum atomic E-state index is 12.9. The van der Waals surface area contributed by atoms with E-state index in [1.807, 2.05) is 6.92 Å². The first-order valence-electron chi connectivity index (χ1n) is 8.10. The minimum absolute atomic E-state index is 0.0723. The maximum Gasteiger partial charge on any atom is 0.262 e. The number of hydrogen-bond donors (Lipinski definition) is 2. The summed E-state index contributed by atoms with van der Waals surface area (Å²) in [7, 11) is -3.73. The standard InChI is InChI=1S/C16H20N2O5S/c1-10-7-18(9-16(10,20)11-2-3-11)24(21,22)12-4-5-14-13(6-12)17-15(19)8-23-14/h4-6,10-11,20H,2-3,7-9H2,1H3,(H,17,19)/t10-,16+/m1/s1. The van der Waals surface area contributed by atoms with Gasteiger partial charge in [0.15, 0.2) is 6.61 Å². The quantitative estimate of drug-likeness (QED) is 0.839. The van der Waals surface area contributed by atoms with Crippen molar-refractivity contribution in [1.29, 1.82) is 0 Å². The highest BCUT2D eigenvalue weighted by Gasteiger charge is 2.54. The number of sulfonamides is 1. The summed E-state index contributed by atoms with van der Waals surface area (Å²) < 4.78 is 32.5. The summed E-state index contributed by atoms with van der Waals surface area (Å²) in [6.07, 6.45) is 1.91. The van der Waals surface area contributed by atoms with Crippen LogP contribution in [0, 0.1) is 11.8 Å². The molecule has 7 nitrogen and oxygen atoms in total. The van der Waals surface area contributed by atoms with Gasteiger partial charge in [-0.25, -0.2) is 8.42 Å². The van der Waals surface area contributed by atoms with Crippen molar-refractivity contribution in [3.63, 3.8) is 0 Å². The van der Waals surface area contributed by atoms with Crippen molar-refractivity contribution in [3.8, 4) is 5.75 Å². The fourth-order valence-corrected chi connectivity index (χ4v) is 5.24. The van der Waals surface area contributed by atoms with E-state index in [4.69, 9.17) is 4.74 Å². The molecule has 0 radical (unpaired) electrons. The number of hydrogen-bond acceptors (Lipinski definition) is 5. The summed E-state index contributed by atoms with van der Waals surface area (Å²) in [4.78, 5) is 11.5. The van der Waals surface area contributed by atoms with Crippen molar-refractivity contribution in [2.75, 3.05) is 25.0 Å². The van der Waals surface area contributed by atoms with E-state index in [-0.39, 0.29) is 35.8 Å². The third-order valence-electron chi connectivity index (χ3n) is 5.27. The van der Waals surface area contributed by atoms with Crippen molar-refractivity contribution in [2.45, 2.75) is 30.3 Å². The SMILES string of the molecule is C[C@@H]1CN(S(=O)(=O)c2ccc3c(c2)NC(=O)CO3)C[C@@]1(O)C1CC1.